The van der Waals surface area contributed by atoms with Crippen molar-refractivity contribution in [1.29, 1.82) is 0 Å². The Hall–Kier alpha value is -1.80. The summed E-state index contributed by atoms with van der Waals surface area (Å²) in [4.78, 5) is 12.6. The van der Waals surface area contributed by atoms with E-state index in [4.69, 9.17) is 27.9 Å². The number of sulfonamides is 1. The van der Waals surface area contributed by atoms with E-state index in [-0.39, 0.29) is 35.6 Å². The number of hydrogen-bond donors (Lipinski definition) is 1. The number of rotatable bonds is 7. The maximum absolute atomic E-state index is 13.1. The van der Waals surface area contributed by atoms with Crippen LogP contribution in [0.3, 0.4) is 0 Å². The first-order valence-corrected chi connectivity index (χ1v) is 12.0. The number of carbonyl (C=O) groups is 1. The molecule has 2 aromatic rings. The molecule has 1 fully saturated rings. The van der Waals surface area contributed by atoms with Crippen LogP contribution < -0.4 is 10.1 Å². The summed E-state index contributed by atoms with van der Waals surface area (Å²) >= 11 is 12.1. The van der Waals surface area contributed by atoms with Gasteiger partial charge in [0, 0.05) is 35.6 Å². The van der Waals surface area contributed by atoms with Crippen molar-refractivity contribution < 1.29 is 17.9 Å². The number of amides is 1. The van der Waals surface area contributed by atoms with Gasteiger partial charge in [0.25, 0.3) is 0 Å². The summed E-state index contributed by atoms with van der Waals surface area (Å²) in [5.41, 5.74) is 0.844. The number of nitrogens with zero attached hydrogens (tertiary/aromatic N) is 1. The first-order valence-electron chi connectivity index (χ1n) is 9.76. The molecule has 0 bridgehead atoms. The summed E-state index contributed by atoms with van der Waals surface area (Å²) < 4.78 is 33.1. The van der Waals surface area contributed by atoms with E-state index in [9.17, 15) is 13.2 Å². The fraction of sp³-hybridized carbons (Fsp3) is 0.381. The van der Waals surface area contributed by atoms with Gasteiger partial charge in [-0.15, -0.1) is 0 Å². The Morgan fingerprint density at radius 3 is 2.53 bits per heavy atom. The summed E-state index contributed by atoms with van der Waals surface area (Å²) in [6, 6.07) is 11.9. The van der Waals surface area contributed by atoms with Crippen molar-refractivity contribution in [3.05, 3.63) is 58.1 Å². The highest BCUT2D eigenvalue weighted by Crippen LogP contribution is 2.32. The van der Waals surface area contributed by atoms with Crippen LogP contribution in [0.2, 0.25) is 10.0 Å². The molecule has 1 heterocycles. The molecule has 0 spiro atoms. The minimum absolute atomic E-state index is 0.0541. The van der Waals surface area contributed by atoms with Gasteiger partial charge in [0.2, 0.25) is 15.9 Å². The lowest BCUT2D eigenvalue weighted by molar-refractivity contribution is -0.126. The second-order valence-corrected chi connectivity index (χ2v) is 9.76. The Morgan fingerprint density at radius 2 is 1.87 bits per heavy atom. The van der Waals surface area contributed by atoms with Crippen LogP contribution in [0.5, 0.6) is 5.75 Å². The maximum Gasteiger partial charge on any atom is 0.246 e. The van der Waals surface area contributed by atoms with Crippen molar-refractivity contribution in [2.75, 3.05) is 19.7 Å². The van der Waals surface area contributed by atoms with Crippen LogP contribution in [0.1, 0.15) is 25.3 Å². The largest absolute Gasteiger partial charge is 0.492 e. The Kier molecular flexibility index (Phi) is 7.63. The molecular weight excluding hydrogens is 447 g/mol. The maximum atomic E-state index is 13.1. The lowest BCUT2D eigenvalue weighted by Gasteiger charge is -2.31. The van der Waals surface area contributed by atoms with E-state index in [1.165, 1.54) is 10.4 Å². The molecule has 0 aliphatic carbocycles. The van der Waals surface area contributed by atoms with E-state index in [0.717, 1.165) is 5.56 Å². The molecule has 162 valence electrons. The van der Waals surface area contributed by atoms with Gasteiger partial charge in [-0.1, -0.05) is 41.4 Å². The summed E-state index contributed by atoms with van der Waals surface area (Å²) in [6.45, 7) is 2.99. The van der Waals surface area contributed by atoms with Crippen molar-refractivity contribution in [2.45, 2.75) is 31.2 Å². The van der Waals surface area contributed by atoms with E-state index in [2.05, 4.69) is 5.32 Å². The molecule has 0 radical (unpaired) electrons. The zero-order valence-corrected chi connectivity index (χ0v) is 18.9. The van der Waals surface area contributed by atoms with Crippen LogP contribution in [-0.4, -0.2) is 38.3 Å². The van der Waals surface area contributed by atoms with Gasteiger partial charge in [-0.3, -0.25) is 4.79 Å². The molecule has 1 amide bonds. The molecule has 6 nitrogen and oxygen atoms in total. The Bertz CT molecular complexity index is 1010. The molecule has 3 rings (SSSR count). The summed E-state index contributed by atoms with van der Waals surface area (Å²) in [6.07, 6.45) is 0.885. The molecule has 0 atom stereocenters. The molecule has 0 unspecified atom stereocenters. The predicted octanol–water partition coefficient (Wildman–Crippen LogP) is 4.11. The molecule has 9 heteroatoms. The molecule has 0 aromatic heterocycles. The average molecular weight is 471 g/mol. The smallest absolute Gasteiger partial charge is 0.246 e. The standard InChI is InChI=1S/C21H24Cl2N2O4S/c1-2-29-19-8-7-17(22)13-20(19)30(27,28)25-11-9-15(10-12-25)21(26)24-14-16-5-3-4-6-18(16)23/h3-8,13,15H,2,9-12,14H2,1H3,(H,24,26). The Balaban J connectivity index is 1.63. The SMILES string of the molecule is CCOc1ccc(Cl)cc1S(=O)(=O)N1CCC(C(=O)NCc2ccccc2Cl)CC1. The monoisotopic (exact) mass is 470 g/mol. The van der Waals surface area contributed by atoms with E-state index >= 15 is 0 Å². The van der Waals surface area contributed by atoms with Crippen LogP contribution >= 0.6 is 23.2 Å². The Morgan fingerprint density at radius 1 is 1.17 bits per heavy atom. The van der Waals surface area contributed by atoms with Crippen molar-refractivity contribution in [2.24, 2.45) is 5.92 Å². The van der Waals surface area contributed by atoms with Crippen LogP contribution in [0.25, 0.3) is 0 Å². The highest BCUT2D eigenvalue weighted by molar-refractivity contribution is 7.89. The average Bonchev–Trinajstić information content (AvgIpc) is 2.74. The lowest BCUT2D eigenvalue weighted by atomic mass is 9.97. The van der Waals surface area contributed by atoms with Gasteiger partial charge in [0.05, 0.1) is 6.61 Å². The molecular formula is C21H24Cl2N2O4S. The molecule has 30 heavy (non-hydrogen) atoms. The third kappa shape index (κ3) is 5.27. The first kappa shape index (κ1) is 22.9. The highest BCUT2D eigenvalue weighted by atomic mass is 35.5. The van der Waals surface area contributed by atoms with Crippen molar-refractivity contribution in [1.82, 2.24) is 9.62 Å². The van der Waals surface area contributed by atoms with E-state index < -0.39 is 10.0 Å². The van der Waals surface area contributed by atoms with Gasteiger partial charge in [-0.2, -0.15) is 4.31 Å². The number of halogens is 2. The number of ether oxygens (including phenoxy) is 1. The molecule has 1 saturated heterocycles. The van der Waals surface area contributed by atoms with Gasteiger partial charge in [0.15, 0.2) is 0 Å². The van der Waals surface area contributed by atoms with Gasteiger partial charge in [-0.25, -0.2) is 8.42 Å². The Labute approximate surface area is 187 Å². The van der Waals surface area contributed by atoms with Crippen molar-refractivity contribution in [3.63, 3.8) is 0 Å². The van der Waals surface area contributed by atoms with Crippen LogP contribution in [-0.2, 0) is 21.4 Å². The second kappa shape index (κ2) is 10.0. The number of hydrogen-bond acceptors (Lipinski definition) is 4. The number of benzene rings is 2. The van der Waals surface area contributed by atoms with Gasteiger partial charge < -0.3 is 10.1 Å². The van der Waals surface area contributed by atoms with E-state index in [0.29, 0.717) is 36.0 Å². The normalized spacial score (nSPS) is 15.7. The minimum Gasteiger partial charge on any atom is -0.492 e. The summed E-state index contributed by atoms with van der Waals surface area (Å²) in [7, 11) is -3.77. The molecule has 0 saturated carbocycles. The highest BCUT2D eigenvalue weighted by Gasteiger charge is 2.33. The quantitative estimate of drug-likeness (QED) is 0.660. The van der Waals surface area contributed by atoms with Crippen LogP contribution in [0, 0.1) is 5.92 Å². The zero-order chi connectivity index (χ0) is 21.7. The lowest BCUT2D eigenvalue weighted by Crippen LogP contribution is -2.43. The predicted molar refractivity (Wildman–Crippen MR) is 117 cm³/mol. The van der Waals surface area contributed by atoms with Crippen LogP contribution in [0.15, 0.2) is 47.4 Å². The van der Waals surface area contributed by atoms with Gasteiger partial charge >= 0.3 is 0 Å². The summed E-state index contributed by atoms with van der Waals surface area (Å²) in [5, 5.41) is 3.83. The van der Waals surface area contributed by atoms with Crippen LogP contribution in [0.4, 0.5) is 0 Å². The molecule has 1 aliphatic heterocycles. The number of nitrogens with one attached hydrogen (secondary N) is 1. The third-order valence-electron chi connectivity index (χ3n) is 5.06. The summed E-state index contributed by atoms with van der Waals surface area (Å²) in [5.74, 6) is -0.0594. The fourth-order valence-corrected chi connectivity index (χ4v) is 5.49. The third-order valence-corrected chi connectivity index (χ3v) is 7.58. The zero-order valence-electron chi connectivity index (χ0n) is 16.6. The van der Waals surface area contributed by atoms with E-state index in [1.54, 1.807) is 25.1 Å². The minimum atomic E-state index is -3.77. The van der Waals surface area contributed by atoms with E-state index in [1.807, 2.05) is 18.2 Å². The first-order chi connectivity index (χ1) is 14.3. The number of carbonyl (C=O) groups excluding carboxylic acids is 1. The fourth-order valence-electron chi connectivity index (χ4n) is 3.42. The molecule has 2 aromatic carbocycles. The van der Waals surface area contributed by atoms with Gasteiger partial charge in [-0.05, 0) is 49.6 Å². The second-order valence-electron chi connectivity index (χ2n) is 7.01. The van der Waals surface area contributed by atoms with Crippen molar-refractivity contribution >= 4 is 39.1 Å². The molecule has 1 aliphatic rings. The van der Waals surface area contributed by atoms with Gasteiger partial charge in [0.1, 0.15) is 10.6 Å². The topological polar surface area (TPSA) is 75.7 Å². The van der Waals surface area contributed by atoms with Crippen molar-refractivity contribution in [3.8, 4) is 5.75 Å². The molecule has 1 N–H and O–H groups in total. The number of piperidine rings is 1.